The van der Waals surface area contributed by atoms with Crippen LogP contribution in [0.4, 0.5) is 0 Å². The Labute approximate surface area is 186 Å². The Morgan fingerprint density at radius 1 is 0.968 bits per heavy atom. The quantitative estimate of drug-likeness (QED) is 0.499. The normalized spacial score (nSPS) is 19.5. The molecule has 1 atom stereocenters. The average molecular weight is 412 g/mol. The monoisotopic (exact) mass is 411 g/mol. The lowest BCUT2D eigenvalue weighted by Crippen LogP contribution is -2.13. The molecule has 2 aromatic carbocycles. The van der Waals surface area contributed by atoms with Gasteiger partial charge in [0.1, 0.15) is 0 Å². The summed E-state index contributed by atoms with van der Waals surface area (Å²) in [6, 6.07) is 19.6. The van der Waals surface area contributed by atoms with Crippen LogP contribution >= 0.6 is 0 Å². The van der Waals surface area contributed by atoms with E-state index in [2.05, 4.69) is 84.9 Å². The third-order valence-electron chi connectivity index (χ3n) is 6.50. The maximum absolute atomic E-state index is 9.58. The highest BCUT2D eigenvalue weighted by atomic mass is 16.2. The molecule has 2 nitrogen and oxygen atoms in total. The molecule has 0 fully saturated rings. The predicted molar refractivity (Wildman–Crippen MR) is 132 cm³/mol. The van der Waals surface area contributed by atoms with Gasteiger partial charge in [0, 0.05) is 13.2 Å². The molecule has 1 unspecified atom stereocenters. The number of rotatable bonds is 7. The number of aliphatic hydroxyl groups is 1. The first kappa shape index (κ1) is 21.5. The van der Waals surface area contributed by atoms with Gasteiger partial charge in [0.15, 0.2) is 0 Å². The molecule has 0 saturated carbocycles. The summed E-state index contributed by atoms with van der Waals surface area (Å²) in [6.07, 6.45) is 13.0. The van der Waals surface area contributed by atoms with Crippen molar-refractivity contribution in [2.24, 2.45) is 10.9 Å². The number of aryl methyl sites for hydroxylation is 1. The van der Waals surface area contributed by atoms with Gasteiger partial charge in [-0.1, -0.05) is 77.9 Å². The Hall–Kier alpha value is -2.71. The van der Waals surface area contributed by atoms with Crippen LogP contribution in [0.15, 0.2) is 82.9 Å². The molecule has 2 heteroatoms. The zero-order valence-corrected chi connectivity index (χ0v) is 18.6. The highest BCUT2D eigenvalue weighted by Gasteiger charge is 2.21. The topological polar surface area (TPSA) is 32.6 Å². The summed E-state index contributed by atoms with van der Waals surface area (Å²) in [5, 5.41) is 9.58. The van der Waals surface area contributed by atoms with Crippen molar-refractivity contribution in [3.63, 3.8) is 0 Å². The standard InChI is InChI=1S/C29H33NO/c1-22-9-11-26(12-10-22)29(28(8-5-21-31)25-6-3-2-4-7-25)27-15-13-23(14-16-27)24-17-19-30-20-18-24/h2-4,6-7,9-13,15,19,24,31H,5,8,14,16-18,20-21H2,1H3/b29-28-. The molecule has 0 saturated heterocycles. The molecular weight excluding hydrogens is 378 g/mol. The van der Waals surface area contributed by atoms with Crippen molar-refractivity contribution >= 4 is 17.4 Å². The van der Waals surface area contributed by atoms with Gasteiger partial charge in [-0.3, -0.25) is 4.99 Å². The second kappa shape index (κ2) is 10.5. The third-order valence-corrected chi connectivity index (χ3v) is 6.50. The lowest BCUT2D eigenvalue weighted by molar-refractivity contribution is 0.290. The van der Waals surface area contributed by atoms with E-state index >= 15 is 0 Å². The highest BCUT2D eigenvalue weighted by molar-refractivity contribution is 5.98. The Bertz CT molecular complexity index is 993. The summed E-state index contributed by atoms with van der Waals surface area (Å²) in [5.74, 6) is 0.657. The molecule has 1 aliphatic carbocycles. The van der Waals surface area contributed by atoms with Crippen molar-refractivity contribution in [2.75, 3.05) is 13.2 Å². The molecule has 1 N–H and O–H groups in total. The van der Waals surface area contributed by atoms with Crippen molar-refractivity contribution in [1.29, 1.82) is 0 Å². The van der Waals surface area contributed by atoms with Crippen LogP contribution in [0.2, 0.25) is 0 Å². The van der Waals surface area contributed by atoms with E-state index in [1.807, 2.05) is 0 Å². The van der Waals surface area contributed by atoms with E-state index in [0.717, 1.165) is 38.6 Å². The maximum Gasteiger partial charge on any atom is 0.0434 e. The highest BCUT2D eigenvalue weighted by Crippen LogP contribution is 2.40. The summed E-state index contributed by atoms with van der Waals surface area (Å²) < 4.78 is 0. The van der Waals surface area contributed by atoms with Gasteiger partial charge in [0.2, 0.25) is 0 Å². The summed E-state index contributed by atoms with van der Waals surface area (Å²) in [6.45, 7) is 3.32. The summed E-state index contributed by atoms with van der Waals surface area (Å²) in [5.41, 5.74) is 9.48. The van der Waals surface area contributed by atoms with Gasteiger partial charge in [-0.2, -0.15) is 0 Å². The Balaban J connectivity index is 1.79. The number of aliphatic hydroxyl groups excluding tert-OH is 1. The van der Waals surface area contributed by atoms with Crippen molar-refractivity contribution in [1.82, 2.24) is 0 Å². The van der Waals surface area contributed by atoms with Gasteiger partial charge >= 0.3 is 0 Å². The molecule has 1 aliphatic heterocycles. The van der Waals surface area contributed by atoms with Crippen LogP contribution in [-0.2, 0) is 0 Å². The average Bonchev–Trinajstić information content (AvgIpc) is 2.84. The Morgan fingerprint density at radius 2 is 1.77 bits per heavy atom. The second-order valence-corrected chi connectivity index (χ2v) is 8.66. The van der Waals surface area contributed by atoms with E-state index in [0.29, 0.717) is 5.92 Å². The van der Waals surface area contributed by atoms with E-state index in [1.165, 1.54) is 39.8 Å². The molecule has 0 amide bonds. The van der Waals surface area contributed by atoms with Crippen LogP contribution in [0.5, 0.6) is 0 Å². The zero-order valence-electron chi connectivity index (χ0n) is 18.6. The fraction of sp³-hybridized carbons (Fsp3) is 0.345. The fourth-order valence-corrected chi connectivity index (χ4v) is 4.76. The van der Waals surface area contributed by atoms with Gasteiger partial charge in [-0.15, -0.1) is 0 Å². The molecule has 4 rings (SSSR count). The fourth-order valence-electron chi connectivity index (χ4n) is 4.76. The second-order valence-electron chi connectivity index (χ2n) is 8.66. The minimum absolute atomic E-state index is 0.212. The van der Waals surface area contributed by atoms with Gasteiger partial charge in [0.05, 0.1) is 0 Å². The predicted octanol–water partition coefficient (Wildman–Crippen LogP) is 6.81. The summed E-state index contributed by atoms with van der Waals surface area (Å²) in [4.78, 5) is 4.40. The van der Waals surface area contributed by atoms with E-state index in [1.54, 1.807) is 5.57 Å². The molecule has 160 valence electrons. The molecular formula is C29H33NO. The van der Waals surface area contributed by atoms with Gasteiger partial charge in [-0.05, 0) is 85.4 Å². The first-order valence-electron chi connectivity index (χ1n) is 11.6. The molecule has 0 aromatic heterocycles. The molecule has 0 spiro atoms. The number of hydrogen-bond acceptors (Lipinski definition) is 2. The molecule has 0 bridgehead atoms. The van der Waals surface area contributed by atoms with Crippen molar-refractivity contribution in [3.05, 3.63) is 94.6 Å². The lowest BCUT2D eigenvalue weighted by atomic mass is 9.79. The molecule has 31 heavy (non-hydrogen) atoms. The number of benzene rings is 2. The van der Waals surface area contributed by atoms with Crippen molar-refractivity contribution < 1.29 is 5.11 Å². The minimum Gasteiger partial charge on any atom is -0.396 e. The van der Waals surface area contributed by atoms with Gasteiger partial charge in [-0.25, -0.2) is 0 Å². The number of hydrogen-bond donors (Lipinski definition) is 1. The SMILES string of the molecule is Cc1ccc(/C(C2=CC=C(C3CC=NCC3)CC2)=C(\CCCO)c2ccccc2)cc1. The van der Waals surface area contributed by atoms with E-state index in [9.17, 15) is 5.11 Å². The maximum atomic E-state index is 9.58. The number of allylic oxidation sites excluding steroid dienone is 6. The number of nitrogens with zero attached hydrogens (tertiary/aromatic N) is 1. The van der Waals surface area contributed by atoms with E-state index in [-0.39, 0.29) is 6.61 Å². The van der Waals surface area contributed by atoms with E-state index in [4.69, 9.17) is 0 Å². The lowest BCUT2D eigenvalue weighted by Gasteiger charge is -2.26. The van der Waals surface area contributed by atoms with Crippen molar-refractivity contribution in [3.8, 4) is 0 Å². The van der Waals surface area contributed by atoms with Gasteiger partial charge in [0.25, 0.3) is 0 Å². The first-order valence-corrected chi connectivity index (χ1v) is 11.6. The van der Waals surface area contributed by atoms with Crippen LogP contribution in [-0.4, -0.2) is 24.5 Å². The first-order chi connectivity index (χ1) is 15.3. The minimum atomic E-state index is 0.212. The van der Waals surface area contributed by atoms with Crippen LogP contribution in [0.1, 0.15) is 55.2 Å². The van der Waals surface area contributed by atoms with Crippen LogP contribution in [0, 0.1) is 12.8 Å². The van der Waals surface area contributed by atoms with Gasteiger partial charge < -0.3 is 5.11 Å². The summed E-state index contributed by atoms with van der Waals surface area (Å²) in [7, 11) is 0. The van der Waals surface area contributed by atoms with Crippen molar-refractivity contribution in [2.45, 2.75) is 45.4 Å². The Kier molecular flexibility index (Phi) is 7.32. The zero-order chi connectivity index (χ0) is 21.5. The number of aliphatic imine (C=N–C) groups is 1. The van der Waals surface area contributed by atoms with E-state index < -0.39 is 0 Å². The van der Waals surface area contributed by atoms with Crippen LogP contribution in [0.3, 0.4) is 0 Å². The van der Waals surface area contributed by atoms with Crippen LogP contribution < -0.4 is 0 Å². The smallest absolute Gasteiger partial charge is 0.0434 e. The Morgan fingerprint density at radius 3 is 2.42 bits per heavy atom. The third kappa shape index (κ3) is 5.32. The molecule has 0 radical (unpaired) electrons. The van der Waals surface area contributed by atoms with Crippen LogP contribution in [0.25, 0.3) is 11.1 Å². The molecule has 1 heterocycles. The summed E-state index contributed by atoms with van der Waals surface area (Å²) >= 11 is 0. The molecule has 2 aromatic rings. The largest absolute Gasteiger partial charge is 0.396 e. The molecule has 2 aliphatic rings.